The summed E-state index contributed by atoms with van der Waals surface area (Å²) in [5.41, 5.74) is 4.99. The van der Waals surface area contributed by atoms with Crippen LogP contribution in [0, 0.1) is 6.92 Å². The number of carbonyl (C=O) groups excluding carboxylic acids is 1. The molecule has 256 valence electrons. The summed E-state index contributed by atoms with van der Waals surface area (Å²) in [7, 11) is 8.30. The van der Waals surface area contributed by atoms with Crippen molar-refractivity contribution in [1.29, 1.82) is 0 Å². The normalized spacial score (nSPS) is 10.8. The van der Waals surface area contributed by atoms with Gasteiger partial charge in [0.1, 0.15) is 34.6 Å². The van der Waals surface area contributed by atoms with Crippen molar-refractivity contribution in [3.63, 3.8) is 0 Å². The number of aromatic nitrogens is 5. The molecule has 0 aliphatic heterocycles. The van der Waals surface area contributed by atoms with Crippen LogP contribution >= 0.6 is 0 Å². The SMILES string of the molecule is COc1ccc(CN(Cc2ccc(OC)cc2OC)c2nc(-c3cnccc3C)cc3cc(NC(=O)Nc4cnn(C)c4)ncc23)c(OC)c1. The molecule has 13 heteroatoms. The number of nitrogens with one attached hydrogen (secondary N) is 2. The maximum Gasteiger partial charge on any atom is 0.324 e. The predicted molar refractivity (Wildman–Crippen MR) is 192 cm³/mol. The molecule has 6 aromatic rings. The number of pyridine rings is 3. The third-order valence-electron chi connectivity index (χ3n) is 8.23. The first-order valence-corrected chi connectivity index (χ1v) is 15.7. The van der Waals surface area contributed by atoms with E-state index in [0.717, 1.165) is 33.0 Å². The molecule has 0 radical (unpaired) electrons. The number of hydrogen-bond donors (Lipinski definition) is 2. The number of anilines is 3. The molecule has 6 rings (SSSR count). The number of aryl methyl sites for hydroxylation is 2. The maximum atomic E-state index is 12.9. The molecular formula is C37H38N8O5. The second kappa shape index (κ2) is 14.8. The molecule has 0 atom stereocenters. The first kappa shape index (κ1) is 33.5. The average molecular weight is 675 g/mol. The Morgan fingerprint density at radius 2 is 1.50 bits per heavy atom. The van der Waals surface area contributed by atoms with Crippen LogP contribution in [0.2, 0.25) is 0 Å². The van der Waals surface area contributed by atoms with Gasteiger partial charge in [-0.05, 0) is 60.3 Å². The van der Waals surface area contributed by atoms with E-state index >= 15 is 0 Å². The van der Waals surface area contributed by atoms with E-state index in [1.165, 1.54) is 0 Å². The molecule has 0 saturated carbocycles. The quantitative estimate of drug-likeness (QED) is 0.146. The van der Waals surface area contributed by atoms with Gasteiger partial charge in [-0.1, -0.05) is 0 Å². The van der Waals surface area contributed by atoms with Crippen LogP contribution in [0.5, 0.6) is 23.0 Å². The summed E-state index contributed by atoms with van der Waals surface area (Å²) in [6.07, 6.45) is 8.56. The second-order valence-corrected chi connectivity index (χ2v) is 11.5. The van der Waals surface area contributed by atoms with Crippen molar-refractivity contribution in [2.75, 3.05) is 44.0 Å². The van der Waals surface area contributed by atoms with E-state index in [0.29, 0.717) is 59.1 Å². The summed E-state index contributed by atoms with van der Waals surface area (Å²) < 4.78 is 24.1. The topological polar surface area (TPSA) is 138 Å². The van der Waals surface area contributed by atoms with Crippen LogP contribution in [0.25, 0.3) is 22.0 Å². The highest BCUT2D eigenvalue weighted by Gasteiger charge is 2.21. The minimum Gasteiger partial charge on any atom is -0.497 e. The molecule has 0 unspecified atom stereocenters. The van der Waals surface area contributed by atoms with E-state index in [9.17, 15) is 4.79 Å². The Morgan fingerprint density at radius 3 is 2.08 bits per heavy atom. The van der Waals surface area contributed by atoms with Gasteiger partial charge in [0.05, 0.1) is 46.0 Å². The monoisotopic (exact) mass is 674 g/mol. The van der Waals surface area contributed by atoms with E-state index in [-0.39, 0.29) is 0 Å². The van der Waals surface area contributed by atoms with Crippen molar-refractivity contribution < 1.29 is 23.7 Å². The Bertz CT molecular complexity index is 2090. The number of fused-ring (bicyclic) bond motifs is 1. The summed E-state index contributed by atoms with van der Waals surface area (Å²) in [5, 5.41) is 11.3. The van der Waals surface area contributed by atoms with E-state index in [1.54, 1.807) is 71.2 Å². The number of rotatable bonds is 12. The predicted octanol–water partition coefficient (Wildman–Crippen LogP) is 6.62. The lowest BCUT2D eigenvalue weighted by Gasteiger charge is -2.28. The van der Waals surface area contributed by atoms with Gasteiger partial charge in [0.2, 0.25) is 0 Å². The fourth-order valence-electron chi connectivity index (χ4n) is 5.66. The van der Waals surface area contributed by atoms with E-state index < -0.39 is 6.03 Å². The van der Waals surface area contributed by atoms with E-state index in [2.05, 4.69) is 30.6 Å². The molecule has 2 aromatic carbocycles. The Labute approximate surface area is 289 Å². The summed E-state index contributed by atoms with van der Waals surface area (Å²) in [6, 6.07) is 16.8. The first-order chi connectivity index (χ1) is 24.3. The zero-order valence-corrected chi connectivity index (χ0v) is 28.7. The van der Waals surface area contributed by atoms with Crippen LogP contribution in [-0.4, -0.2) is 59.2 Å². The fourth-order valence-corrected chi connectivity index (χ4v) is 5.66. The lowest BCUT2D eigenvalue weighted by atomic mass is 10.0. The molecule has 0 aliphatic rings. The molecule has 0 spiro atoms. The highest BCUT2D eigenvalue weighted by molar-refractivity contribution is 6.01. The van der Waals surface area contributed by atoms with Gasteiger partial charge in [-0.2, -0.15) is 5.10 Å². The maximum absolute atomic E-state index is 12.9. The lowest BCUT2D eigenvalue weighted by molar-refractivity contribution is 0.262. The van der Waals surface area contributed by atoms with Crippen LogP contribution in [0.1, 0.15) is 16.7 Å². The molecule has 0 fully saturated rings. The Kier molecular flexibility index (Phi) is 9.93. The number of ether oxygens (including phenoxy) is 4. The summed E-state index contributed by atoms with van der Waals surface area (Å²) in [6.45, 7) is 2.84. The standard InChI is InChI=1S/C37H38N8O5/c1-23-11-12-38-18-30(23)32-13-26-14-35(43-37(46)41-27-17-40-44(2)22-27)39-19-31(26)36(42-32)45(20-24-7-9-28(47-3)15-33(24)49-5)21-25-8-10-29(48-4)16-34(25)50-6/h7-19,22H,20-21H2,1-6H3,(H2,39,41,43,46). The molecule has 13 nitrogen and oxygen atoms in total. The van der Waals surface area contributed by atoms with Crippen LogP contribution in [0.15, 0.2) is 85.6 Å². The number of hydrogen-bond acceptors (Lipinski definition) is 10. The molecular weight excluding hydrogens is 636 g/mol. The second-order valence-electron chi connectivity index (χ2n) is 11.5. The van der Waals surface area contributed by atoms with Crippen LogP contribution in [0.4, 0.5) is 22.1 Å². The molecule has 0 saturated heterocycles. The zero-order valence-electron chi connectivity index (χ0n) is 28.7. The van der Waals surface area contributed by atoms with Crippen LogP contribution < -0.4 is 34.5 Å². The Balaban J connectivity index is 1.49. The molecule has 2 N–H and O–H groups in total. The number of benzene rings is 2. The third-order valence-corrected chi connectivity index (χ3v) is 8.23. The van der Waals surface area contributed by atoms with Crippen molar-refractivity contribution in [2.24, 2.45) is 7.05 Å². The first-order valence-electron chi connectivity index (χ1n) is 15.7. The van der Waals surface area contributed by atoms with Gasteiger partial charge in [0, 0.05) is 79.1 Å². The molecule has 4 heterocycles. The third kappa shape index (κ3) is 7.36. The molecule has 4 aromatic heterocycles. The average Bonchev–Trinajstić information content (AvgIpc) is 3.54. The number of amides is 2. The summed E-state index contributed by atoms with van der Waals surface area (Å²) in [4.78, 5) is 29.3. The van der Waals surface area contributed by atoms with E-state index in [1.807, 2.05) is 61.5 Å². The van der Waals surface area contributed by atoms with Crippen molar-refractivity contribution in [1.82, 2.24) is 24.7 Å². The van der Waals surface area contributed by atoms with Gasteiger partial charge >= 0.3 is 6.03 Å². The smallest absolute Gasteiger partial charge is 0.324 e. The molecule has 0 bridgehead atoms. The van der Waals surface area contributed by atoms with Crippen molar-refractivity contribution >= 4 is 34.1 Å². The lowest BCUT2D eigenvalue weighted by Crippen LogP contribution is -2.24. The van der Waals surface area contributed by atoms with Gasteiger partial charge < -0.3 is 29.2 Å². The number of carbonyl (C=O) groups is 1. The van der Waals surface area contributed by atoms with Crippen molar-refractivity contribution in [3.8, 4) is 34.3 Å². The number of urea groups is 1. The molecule has 50 heavy (non-hydrogen) atoms. The van der Waals surface area contributed by atoms with Crippen LogP contribution in [-0.2, 0) is 20.1 Å². The van der Waals surface area contributed by atoms with Gasteiger partial charge in [-0.15, -0.1) is 0 Å². The molecule has 2 amide bonds. The minimum absolute atomic E-state index is 0.366. The fraction of sp³-hybridized carbons (Fsp3) is 0.216. The van der Waals surface area contributed by atoms with Gasteiger partial charge in [-0.25, -0.2) is 14.8 Å². The van der Waals surface area contributed by atoms with Crippen LogP contribution in [0.3, 0.4) is 0 Å². The molecule has 0 aliphatic carbocycles. The highest BCUT2D eigenvalue weighted by atomic mass is 16.5. The summed E-state index contributed by atoms with van der Waals surface area (Å²) >= 11 is 0. The Morgan fingerprint density at radius 1 is 0.820 bits per heavy atom. The van der Waals surface area contributed by atoms with Gasteiger partial charge in [0.15, 0.2) is 0 Å². The summed E-state index contributed by atoms with van der Waals surface area (Å²) in [5.74, 6) is 3.74. The number of methoxy groups -OCH3 is 4. The number of nitrogens with zero attached hydrogens (tertiary/aromatic N) is 6. The minimum atomic E-state index is -0.442. The van der Waals surface area contributed by atoms with E-state index in [4.69, 9.17) is 23.9 Å². The van der Waals surface area contributed by atoms with Crippen molar-refractivity contribution in [2.45, 2.75) is 20.0 Å². The van der Waals surface area contributed by atoms with Crippen molar-refractivity contribution in [3.05, 3.63) is 102 Å². The van der Waals surface area contributed by atoms with Gasteiger partial charge in [0.25, 0.3) is 0 Å². The highest BCUT2D eigenvalue weighted by Crippen LogP contribution is 2.36. The largest absolute Gasteiger partial charge is 0.497 e. The zero-order chi connectivity index (χ0) is 35.2. The Hall–Kier alpha value is -6.37. The van der Waals surface area contributed by atoms with Gasteiger partial charge in [-0.3, -0.25) is 15.0 Å².